The van der Waals surface area contributed by atoms with E-state index in [4.69, 9.17) is 0 Å². The Labute approximate surface area is 76.1 Å². The molecule has 0 spiro atoms. The molecule has 0 N–H and O–H groups in total. The van der Waals surface area contributed by atoms with Gasteiger partial charge in [0.25, 0.3) is 0 Å². The maximum absolute atomic E-state index is 0. The van der Waals surface area contributed by atoms with Crippen molar-refractivity contribution in [3.63, 3.8) is 0 Å². The Balaban J connectivity index is 0. The van der Waals surface area contributed by atoms with Crippen molar-refractivity contribution in [1.82, 2.24) is 0 Å². The molecule has 5 heteroatoms. The van der Waals surface area contributed by atoms with Crippen LogP contribution in [0.4, 0.5) is 0 Å². The van der Waals surface area contributed by atoms with Gasteiger partial charge >= 0.3 is 37.7 Å². The Kier molecular flexibility index (Phi) is 407. The maximum atomic E-state index is 0. The average molecular weight is 148 g/mol. The summed E-state index contributed by atoms with van der Waals surface area (Å²) < 4.78 is 0. The van der Waals surface area contributed by atoms with Crippen LogP contribution in [0.3, 0.4) is 0 Å². The van der Waals surface area contributed by atoms with Gasteiger partial charge in [-0.15, -0.1) is 0 Å². The SMILES string of the molecule is [Co].[Co].[Li+].[Li+].[O-2]. The van der Waals surface area contributed by atoms with Gasteiger partial charge in [0.2, 0.25) is 0 Å². The van der Waals surface area contributed by atoms with Gasteiger partial charge < -0.3 is 5.48 Å². The van der Waals surface area contributed by atoms with E-state index in [0.29, 0.717) is 0 Å². The fourth-order valence-electron chi connectivity index (χ4n) is 0. The summed E-state index contributed by atoms with van der Waals surface area (Å²) in [6.45, 7) is 0. The van der Waals surface area contributed by atoms with Gasteiger partial charge in [-0.05, 0) is 0 Å². The van der Waals surface area contributed by atoms with Crippen LogP contribution in [-0.4, -0.2) is 0 Å². The van der Waals surface area contributed by atoms with Gasteiger partial charge in [-0.1, -0.05) is 0 Å². The van der Waals surface area contributed by atoms with Crippen LogP contribution >= 0.6 is 0 Å². The fourth-order valence-corrected chi connectivity index (χ4v) is 0. The first-order valence-electron chi connectivity index (χ1n) is 0. The summed E-state index contributed by atoms with van der Waals surface area (Å²) in [5, 5.41) is 0. The second-order valence-corrected chi connectivity index (χ2v) is 0. The Morgan fingerprint density at radius 3 is 0.600 bits per heavy atom. The summed E-state index contributed by atoms with van der Waals surface area (Å²) in [5.74, 6) is 0. The summed E-state index contributed by atoms with van der Waals surface area (Å²) >= 11 is 0. The largest absolute Gasteiger partial charge is 2.00 e. The molecule has 0 aromatic heterocycles. The third-order valence-electron chi connectivity index (χ3n) is 0. The zero-order chi connectivity index (χ0) is 0. The van der Waals surface area contributed by atoms with E-state index in [0.717, 1.165) is 0 Å². The molecular formula is Co2Li2O. The zero-order valence-electron chi connectivity index (χ0n) is 3.07. The molecule has 0 saturated carbocycles. The zero-order valence-corrected chi connectivity index (χ0v) is 5.16. The van der Waals surface area contributed by atoms with Crippen molar-refractivity contribution < 1.29 is 76.8 Å². The summed E-state index contributed by atoms with van der Waals surface area (Å²) in [5.41, 5.74) is 0. The molecule has 2 radical (unpaired) electrons. The summed E-state index contributed by atoms with van der Waals surface area (Å²) in [7, 11) is 0. The van der Waals surface area contributed by atoms with Gasteiger partial charge in [-0.2, -0.15) is 0 Å². The summed E-state index contributed by atoms with van der Waals surface area (Å²) in [6.07, 6.45) is 0. The Bertz CT molecular complexity index is 7.61. The molecule has 26 valence electrons. The molecule has 0 fully saturated rings. The van der Waals surface area contributed by atoms with E-state index >= 15 is 0 Å². The molecule has 0 amide bonds. The van der Waals surface area contributed by atoms with Gasteiger partial charge in [-0.3, -0.25) is 0 Å². The van der Waals surface area contributed by atoms with Crippen LogP contribution in [0.2, 0.25) is 0 Å². The molecule has 0 saturated heterocycles. The van der Waals surface area contributed by atoms with E-state index in [1.54, 1.807) is 0 Å². The van der Waals surface area contributed by atoms with Crippen molar-refractivity contribution in [2.45, 2.75) is 0 Å². The van der Waals surface area contributed by atoms with E-state index in [2.05, 4.69) is 0 Å². The van der Waals surface area contributed by atoms with Gasteiger partial charge in [0.15, 0.2) is 0 Å². The smallest absolute Gasteiger partial charge is 1.00 e. The van der Waals surface area contributed by atoms with E-state index in [1.165, 1.54) is 0 Å². The first-order valence-corrected chi connectivity index (χ1v) is 0. The van der Waals surface area contributed by atoms with Crippen LogP contribution in [-0.2, 0) is 39.0 Å². The van der Waals surface area contributed by atoms with E-state index in [9.17, 15) is 0 Å². The van der Waals surface area contributed by atoms with Crippen molar-refractivity contribution >= 4 is 0 Å². The number of hydrogen-bond acceptors (Lipinski definition) is 0. The minimum Gasteiger partial charge on any atom is -2.00 e. The minimum atomic E-state index is 0. The number of hydrogen-bond donors (Lipinski definition) is 0. The fraction of sp³-hybridized carbons (Fsp3) is 0. The van der Waals surface area contributed by atoms with E-state index in [-0.39, 0.29) is 76.8 Å². The number of rotatable bonds is 0. The Morgan fingerprint density at radius 1 is 0.600 bits per heavy atom. The molecule has 0 aliphatic heterocycles. The van der Waals surface area contributed by atoms with Crippen LogP contribution in [0.1, 0.15) is 0 Å². The third kappa shape index (κ3) is 22.8. The molecule has 0 aliphatic rings. The van der Waals surface area contributed by atoms with Crippen molar-refractivity contribution in [1.29, 1.82) is 0 Å². The normalized spacial score (nSPS) is 0. The molecule has 0 unspecified atom stereocenters. The van der Waals surface area contributed by atoms with Gasteiger partial charge in [0.1, 0.15) is 0 Å². The summed E-state index contributed by atoms with van der Waals surface area (Å²) in [4.78, 5) is 0. The van der Waals surface area contributed by atoms with Crippen molar-refractivity contribution in [3.8, 4) is 0 Å². The van der Waals surface area contributed by atoms with Crippen LogP contribution in [0.5, 0.6) is 0 Å². The average Bonchev–Trinajstić information content (AvgIpc) is 0. The maximum Gasteiger partial charge on any atom is 1.00 e. The van der Waals surface area contributed by atoms with Crippen LogP contribution in [0, 0.1) is 0 Å². The molecule has 0 bridgehead atoms. The van der Waals surface area contributed by atoms with Crippen LogP contribution < -0.4 is 37.7 Å². The topological polar surface area (TPSA) is 28.5 Å². The Hall–Kier alpha value is 2.17. The molecule has 0 atom stereocenters. The van der Waals surface area contributed by atoms with Crippen molar-refractivity contribution in [2.24, 2.45) is 0 Å². The molecule has 0 aromatic rings. The van der Waals surface area contributed by atoms with Gasteiger partial charge in [0.05, 0.1) is 0 Å². The molecule has 0 aromatic carbocycles. The monoisotopic (exact) mass is 148 g/mol. The van der Waals surface area contributed by atoms with Crippen molar-refractivity contribution in [3.05, 3.63) is 0 Å². The quantitative estimate of drug-likeness (QED) is 0.306. The predicted molar refractivity (Wildman–Crippen MR) is 0.686 cm³/mol. The van der Waals surface area contributed by atoms with Crippen LogP contribution in [0.25, 0.3) is 0 Å². The molecular weight excluding hydrogens is 148 g/mol. The molecule has 1 nitrogen and oxygen atoms in total. The third-order valence-corrected chi connectivity index (χ3v) is 0. The first kappa shape index (κ1) is 58.0. The molecule has 5 heavy (non-hydrogen) atoms. The minimum absolute atomic E-state index is 0. The second-order valence-electron chi connectivity index (χ2n) is 0. The molecule has 0 aliphatic carbocycles. The molecule has 0 rings (SSSR count). The second kappa shape index (κ2) is 35.1. The van der Waals surface area contributed by atoms with Gasteiger partial charge in [-0.25, -0.2) is 0 Å². The van der Waals surface area contributed by atoms with E-state index in [1.807, 2.05) is 0 Å². The van der Waals surface area contributed by atoms with Crippen molar-refractivity contribution in [2.75, 3.05) is 0 Å². The molecule has 0 heterocycles. The van der Waals surface area contributed by atoms with E-state index < -0.39 is 0 Å². The predicted octanol–water partition coefficient (Wildman–Crippen LogP) is -6.12. The standard InChI is InChI=1S/2Co.2Li.O/q;;2*+1;-2. The first-order chi connectivity index (χ1) is 0. The Morgan fingerprint density at radius 2 is 0.600 bits per heavy atom. The van der Waals surface area contributed by atoms with Crippen LogP contribution in [0.15, 0.2) is 0 Å². The van der Waals surface area contributed by atoms with Gasteiger partial charge in [0, 0.05) is 33.6 Å². The summed E-state index contributed by atoms with van der Waals surface area (Å²) in [6, 6.07) is 0.